The van der Waals surface area contributed by atoms with Crippen molar-refractivity contribution in [2.24, 2.45) is 0 Å². The number of methoxy groups -OCH3 is 1. The number of halogens is 4. The minimum atomic E-state index is -0.673. The number of carbonyl (C=O) groups excluding carboxylic acids is 1. The Morgan fingerprint density at radius 2 is 1.79 bits per heavy atom. The van der Waals surface area contributed by atoms with Gasteiger partial charge in [0.05, 0.1) is 23.8 Å². The SMILES string of the molecule is CCOc1cc(C2C(C(=O)OC)=C(C)Nc3nc(SCc4ccccc4Cl)nn32)cc(Br)c1OCc1c(Cl)cccc1Cl. The average Bonchev–Trinajstić information content (AvgIpc) is 3.38. The summed E-state index contributed by atoms with van der Waals surface area (Å²) >= 11 is 24.2. The van der Waals surface area contributed by atoms with E-state index in [-0.39, 0.29) is 6.61 Å². The number of nitrogens with one attached hydrogen (secondary N) is 1. The molecule has 0 aliphatic carbocycles. The lowest BCUT2D eigenvalue weighted by Gasteiger charge is -2.28. The lowest BCUT2D eigenvalue weighted by atomic mass is 9.95. The van der Waals surface area contributed by atoms with Crippen LogP contribution in [-0.4, -0.2) is 34.5 Å². The van der Waals surface area contributed by atoms with E-state index in [4.69, 9.17) is 59.1 Å². The first kappa shape index (κ1) is 31.5. The summed E-state index contributed by atoms with van der Waals surface area (Å²) in [6.45, 7) is 4.18. The van der Waals surface area contributed by atoms with E-state index in [9.17, 15) is 4.79 Å². The number of benzene rings is 3. The number of allylic oxidation sites excluding steroid dienone is 1. The summed E-state index contributed by atoms with van der Waals surface area (Å²) in [6, 6.07) is 15.9. The molecule has 0 radical (unpaired) electrons. The Balaban J connectivity index is 1.53. The van der Waals surface area contributed by atoms with Gasteiger partial charge in [0.1, 0.15) is 12.6 Å². The number of ether oxygens (including phenoxy) is 3. The van der Waals surface area contributed by atoms with Crippen LogP contribution < -0.4 is 14.8 Å². The molecule has 1 aliphatic rings. The maximum absolute atomic E-state index is 13.1. The molecule has 0 saturated heterocycles. The maximum Gasteiger partial charge on any atom is 0.338 e. The van der Waals surface area contributed by atoms with E-state index in [1.807, 2.05) is 43.3 Å². The molecule has 13 heteroatoms. The van der Waals surface area contributed by atoms with E-state index >= 15 is 0 Å². The number of rotatable bonds is 10. The van der Waals surface area contributed by atoms with Crippen molar-refractivity contribution >= 4 is 74.4 Å². The molecule has 1 atom stereocenters. The third-order valence-corrected chi connectivity index (χ3v) is 9.18. The van der Waals surface area contributed by atoms with Gasteiger partial charge in [0, 0.05) is 32.1 Å². The van der Waals surface area contributed by atoms with Gasteiger partial charge in [-0.3, -0.25) is 0 Å². The molecule has 4 aromatic rings. The van der Waals surface area contributed by atoms with Crippen LogP contribution in [0.1, 0.15) is 36.6 Å². The first-order valence-corrected chi connectivity index (χ1v) is 16.0. The Labute approximate surface area is 276 Å². The summed E-state index contributed by atoms with van der Waals surface area (Å²) in [6.07, 6.45) is 0. The zero-order chi connectivity index (χ0) is 30.7. The van der Waals surface area contributed by atoms with Crippen molar-refractivity contribution in [2.75, 3.05) is 19.0 Å². The highest BCUT2D eigenvalue weighted by Crippen LogP contribution is 2.44. The predicted molar refractivity (Wildman–Crippen MR) is 174 cm³/mol. The second-order valence-corrected chi connectivity index (χ2v) is 12.4. The fourth-order valence-corrected chi connectivity index (χ4v) is 6.79. The lowest BCUT2D eigenvalue weighted by Crippen LogP contribution is -2.29. The van der Waals surface area contributed by atoms with E-state index in [2.05, 4.69) is 21.2 Å². The Hall–Kier alpha value is -2.89. The number of thioether (sulfide) groups is 1. The average molecular weight is 725 g/mol. The summed E-state index contributed by atoms with van der Waals surface area (Å²) in [5, 5.41) is 10.2. The molecule has 0 fully saturated rings. The first-order valence-electron chi connectivity index (χ1n) is 13.1. The lowest BCUT2D eigenvalue weighted by molar-refractivity contribution is -0.136. The highest BCUT2D eigenvalue weighted by molar-refractivity contribution is 9.10. The number of carbonyl (C=O) groups is 1. The summed E-state index contributed by atoms with van der Waals surface area (Å²) in [7, 11) is 1.35. The predicted octanol–water partition coefficient (Wildman–Crippen LogP) is 8.73. The van der Waals surface area contributed by atoms with Crippen LogP contribution in [0.3, 0.4) is 0 Å². The Kier molecular flexibility index (Phi) is 10.1. The molecule has 1 aromatic heterocycles. The van der Waals surface area contributed by atoms with Crippen LogP contribution in [0.25, 0.3) is 0 Å². The minimum absolute atomic E-state index is 0.121. The van der Waals surface area contributed by atoms with Gasteiger partial charge in [-0.25, -0.2) is 9.48 Å². The largest absolute Gasteiger partial charge is 0.490 e. The summed E-state index contributed by atoms with van der Waals surface area (Å²) in [5.41, 5.74) is 3.31. The molecule has 3 aromatic carbocycles. The molecular formula is C30H26BrCl3N4O4S. The minimum Gasteiger partial charge on any atom is -0.490 e. The molecule has 2 heterocycles. The van der Waals surface area contributed by atoms with Crippen LogP contribution in [0.4, 0.5) is 5.95 Å². The fraction of sp³-hybridized carbons (Fsp3) is 0.233. The molecule has 1 N–H and O–H groups in total. The Morgan fingerprint density at radius 1 is 1.07 bits per heavy atom. The van der Waals surface area contributed by atoms with Crippen molar-refractivity contribution < 1.29 is 19.0 Å². The second-order valence-electron chi connectivity index (χ2n) is 9.35. The quantitative estimate of drug-likeness (QED) is 0.128. The van der Waals surface area contributed by atoms with Gasteiger partial charge in [0.25, 0.3) is 0 Å². The van der Waals surface area contributed by atoms with Gasteiger partial charge in [-0.15, -0.1) is 5.10 Å². The molecule has 0 bridgehead atoms. The molecule has 43 heavy (non-hydrogen) atoms. The van der Waals surface area contributed by atoms with E-state index in [1.165, 1.54) is 18.9 Å². The normalized spacial score (nSPS) is 14.3. The third kappa shape index (κ3) is 6.78. The molecular weight excluding hydrogens is 699 g/mol. The fourth-order valence-electron chi connectivity index (χ4n) is 4.60. The second kappa shape index (κ2) is 13.8. The molecule has 0 saturated carbocycles. The zero-order valence-corrected chi connectivity index (χ0v) is 28.0. The molecule has 0 spiro atoms. The zero-order valence-electron chi connectivity index (χ0n) is 23.3. The van der Waals surface area contributed by atoms with Crippen molar-refractivity contribution in [3.8, 4) is 11.5 Å². The summed E-state index contributed by atoms with van der Waals surface area (Å²) in [4.78, 5) is 17.8. The third-order valence-electron chi connectivity index (χ3n) is 6.62. The number of fused-ring (bicyclic) bond motifs is 1. The van der Waals surface area contributed by atoms with Crippen molar-refractivity contribution in [1.82, 2.24) is 14.8 Å². The van der Waals surface area contributed by atoms with Crippen LogP contribution in [0.5, 0.6) is 11.5 Å². The number of esters is 1. The van der Waals surface area contributed by atoms with Crippen molar-refractivity contribution in [3.05, 3.63) is 102 Å². The molecule has 224 valence electrons. The monoisotopic (exact) mass is 722 g/mol. The van der Waals surface area contributed by atoms with Crippen molar-refractivity contribution in [3.63, 3.8) is 0 Å². The van der Waals surface area contributed by atoms with E-state index in [1.54, 1.807) is 29.8 Å². The van der Waals surface area contributed by atoms with Crippen LogP contribution in [0.2, 0.25) is 15.1 Å². The van der Waals surface area contributed by atoms with Crippen LogP contribution >= 0.6 is 62.5 Å². The van der Waals surface area contributed by atoms with Gasteiger partial charge >= 0.3 is 5.97 Å². The molecule has 0 amide bonds. The molecule has 5 rings (SSSR count). The van der Waals surface area contributed by atoms with Gasteiger partial charge in [0.15, 0.2) is 11.5 Å². The Bertz CT molecular complexity index is 1690. The highest BCUT2D eigenvalue weighted by atomic mass is 79.9. The Morgan fingerprint density at radius 3 is 2.49 bits per heavy atom. The first-order chi connectivity index (χ1) is 20.7. The number of hydrogen-bond acceptors (Lipinski definition) is 8. The number of anilines is 1. The van der Waals surface area contributed by atoms with Gasteiger partial charge in [0.2, 0.25) is 11.1 Å². The van der Waals surface area contributed by atoms with E-state index in [0.29, 0.717) is 76.9 Å². The van der Waals surface area contributed by atoms with Crippen molar-refractivity contribution in [1.29, 1.82) is 0 Å². The number of aromatic nitrogens is 3. The van der Waals surface area contributed by atoms with Crippen LogP contribution in [0.15, 0.2) is 75.5 Å². The van der Waals surface area contributed by atoms with Gasteiger partial charge < -0.3 is 19.5 Å². The van der Waals surface area contributed by atoms with Gasteiger partial charge in [-0.1, -0.05) is 70.8 Å². The maximum atomic E-state index is 13.1. The van der Waals surface area contributed by atoms with E-state index < -0.39 is 12.0 Å². The van der Waals surface area contributed by atoms with E-state index in [0.717, 1.165) is 5.56 Å². The smallest absolute Gasteiger partial charge is 0.338 e. The van der Waals surface area contributed by atoms with Gasteiger partial charge in [-0.05, 0) is 71.2 Å². The summed E-state index contributed by atoms with van der Waals surface area (Å²) < 4.78 is 19.7. The summed E-state index contributed by atoms with van der Waals surface area (Å²) in [5.74, 6) is 1.49. The van der Waals surface area contributed by atoms with Crippen LogP contribution in [0, 0.1) is 0 Å². The number of nitrogens with zero attached hydrogens (tertiary/aromatic N) is 3. The number of hydrogen-bond donors (Lipinski definition) is 1. The standard InChI is InChI=1S/C30H26BrCl3N4O4S/c1-4-41-24-13-18(12-20(31)27(24)42-14-19-22(33)10-7-11-23(19)34)26-25(28(39)40-3)16(2)35-29-36-30(37-38(26)29)43-15-17-8-5-6-9-21(17)32/h5-13,26H,4,14-15H2,1-3H3,(H,35,36,37). The van der Waals surface area contributed by atoms with Crippen LogP contribution in [-0.2, 0) is 21.9 Å². The topological polar surface area (TPSA) is 87.5 Å². The molecule has 1 aliphatic heterocycles. The molecule has 8 nitrogen and oxygen atoms in total. The molecule has 1 unspecified atom stereocenters. The highest BCUT2D eigenvalue weighted by Gasteiger charge is 2.36. The van der Waals surface area contributed by atoms with Gasteiger partial charge in [-0.2, -0.15) is 4.98 Å². The van der Waals surface area contributed by atoms with Crippen molar-refractivity contribution in [2.45, 2.75) is 37.4 Å².